The van der Waals surface area contributed by atoms with Crippen LogP contribution in [0.15, 0.2) is 28.7 Å². The van der Waals surface area contributed by atoms with E-state index < -0.39 is 10.0 Å². The molecule has 0 saturated heterocycles. The number of nitrogens with one attached hydrogen (secondary N) is 1. The van der Waals surface area contributed by atoms with Crippen LogP contribution < -0.4 is 10.5 Å². The van der Waals surface area contributed by atoms with E-state index in [0.29, 0.717) is 0 Å². The quantitative estimate of drug-likeness (QED) is 0.839. The zero-order chi connectivity index (χ0) is 14.0. The average Bonchev–Trinajstić information content (AvgIpc) is 2.86. The predicted octanol–water partition coefficient (Wildman–Crippen LogP) is 2.51. The maximum Gasteiger partial charge on any atom is 0.242 e. The lowest BCUT2D eigenvalue weighted by molar-refractivity contribution is 0.582. The topological polar surface area (TPSA) is 85.1 Å². The number of hydrogen-bond acceptors (Lipinski definition) is 5. The maximum absolute atomic E-state index is 12.1. The van der Waals surface area contributed by atoms with E-state index in [-0.39, 0.29) is 27.2 Å². The van der Waals surface area contributed by atoms with E-state index in [0.717, 1.165) is 4.88 Å². The molecule has 3 N–H and O–H groups in total. The molecule has 0 aliphatic carbocycles. The molecule has 0 atom stereocenters. The summed E-state index contributed by atoms with van der Waals surface area (Å²) in [6, 6.07) is 2.71. The normalized spacial score (nSPS) is 11.7. The van der Waals surface area contributed by atoms with Crippen molar-refractivity contribution in [1.82, 2.24) is 9.71 Å². The number of rotatable bonds is 4. The summed E-state index contributed by atoms with van der Waals surface area (Å²) in [5.41, 5.74) is 7.27. The van der Waals surface area contributed by atoms with E-state index >= 15 is 0 Å². The van der Waals surface area contributed by atoms with Crippen molar-refractivity contribution >= 4 is 50.2 Å². The number of nitrogens with two attached hydrogens (primary N) is 1. The Hall–Kier alpha value is -0.860. The Morgan fingerprint density at radius 2 is 2.11 bits per heavy atom. The average molecular weight is 338 g/mol. The Morgan fingerprint density at radius 3 is 2.74 bits per heavy atom. The van der Waals surface area contributed by atoms with Crippen LogP contribution in [0.3, 0.4) is 0 Å². The van der Waals surface area contributed by atoms with Crippen LogP contribution >= 0.6 is 34.5 Å². The van der Waals surface area contributed by atoms with E-state index in [1.165, 1.54) is 23.5 Å². The van der Waals surface area contributed by atoms with Gasteiger partial charge in [-0.25, -0.2) is 13.1 Å². The standard InChI is InChI=1S/C10H9Cl2N3O2S2/c11-7-1-2-8(9(12)10(7)13)19(16,17)15-4-6-3-14-5-18-6/h1-3,5,15H,4,13H2. The van der Waals surface area contributed by atoms with Crippen molar-refractivity contribution in [2.45, 2.75) is 11.4 Å². The van der Waals surface area contributed by atoms with Crippen LogP contribution in [0.25, 0.3) is 0 Å². The van der Waals surface area contributed by atoms with Gasteiger partial charge in [-0.05, 0) is 12.1 Å². The molecule has 0 fully saturated rings. The summed E-state index contributed by atoms with van der Waals surface area (Å²) in [6.45, 7) is 0.145. The van der Waals surface area contributed by atoms with Crippen LogP contribution in [0, 0.1) is 0 Å². The second kappa shape index (κ2) is 5.64. The molecule has 5 nitrogen and oxygen atoms in total. The van der Waals surface area contributed by atoms with E-state index in [1.54, 1.807) is 11.7 Å². The van der Waals surface area contributed by atoms with Crippen molar-refractivity contribution in [2.24, 2.45) is 0 Å². The number of thiazole rings is 1. The molecule has 9 heteroatoms. The Balaban J connectivity index is 2.27. The number of aromatic nitrogens is 1. The van der Waals surface area contributed by atoms with Gasteiger partial charge in [0.05, 0.1) is 21.2 Å². The third kappa shape index (κ3) is 3.18. The van der Waals surface area contributed by atoms with Crippen LogP contribution in [0.4, 0.5) is 5.69 Å². The Labute approximate surface area is 124 Å². The lowest BCUT2D eigenvalue weighted by atomic mass is 10.3. The smallest absolute Gasteiger partial charge is 0.242 e. The van der Waals surface area contributed by atoms with Crippen LogP contribution in [-0.4, -0.2) is 13.4 Å². The number of nitrogen functional groups attached to an aromatic ring is 1. The molecular weight excluding hydrogens is 329 g/mol. The first-order valence-corrected chi connectivity index (χ1v) is 8.14. The van der Waals surface area contributed by atoms with Crippen molar-refractivity contribution in [1.29, 1.82) is 0 Å². The SMILES string of the molecule is Nc1c(Cl)ccc(S(=O)(=O)NCc2cncs2)c1Cl. The number of hydrogen-bond donors (Lipinski definition) is 2. The van der Waals surface area contributed by atoms with E-state index in [1.807, 2.05) is 0 Å². The van der Waals surface area contributed by atoms with Gasteiger partial charge >= 0.3 is 0 Å². The van der Waals surface area contributed by atoms with Gasteiger partial charge in [-0.2, -0.15) is 0 Å². The van der Waals surface area contributed by atoms with Crippen molar-refractivity contribution in [3.63, 3.8) is 0 Å². The minimum absolute atomic E-state index is 0.0454. The van der Waals surface area contributed by atoms with Gasteiger partial charge in [-0.15, -0.1) is 11.3 Å². The zero-order valence-electron chi connectivity index (χ0n) is 9.43. The Bertz CT molecular complexity index is 687. The predicted molar refractivity (Wildman–Crippen MR) is 77.0 cm³/mol. The highest BCUT2D eigenvalue weighted by Crippen LogP contribution is 2.33. The molecule has 19 heavy (non-hydrogen) atoms. The van der Waals surface area contributed by atoms with E-state index in [2.05, 4.69) is 9.71 Å². The lowest BCUT2D eigenvalue weighted by Gasteiger charge is -2.09. The number of nitrogens with zero attached hydrogens (tertiary/aromatic N) is 1. The maximum atomic E-state index is 12.1. The molecule has 1 heterocycles. The summed E-state index contributed by atoms with van der Waals surface area (Å²) in [5.74, 6) is 0. The Kier molecular flexibility index (Phi) is 4.32. The van der Waals surface area contributed by atoms with Gasteiger partial charge in [-0.1, -0.05) is 23.2 Å². The zero-order valence-corrected chi connectivity index (χ0v) is 12.6. The van der Waals surface area contributed by atoms with E-state index in [9.17, 15) is 8.42 Å². The molecule has 0 radical (unpaired) electrons. The molecule has 0 amide bonds. The van der Waals surface area contributed by atoms with Crippen LogP contribution in [0.2, 0.25) is 10.0 Å². The molecule has 1 aromatic heterocycles. The first-order valence-electron chi connectivity index (χ1n) is 5.02. The van der Waals surface area contributed by atoms with Crippen molar-refractivity contribution in [3.8, 4) is 0 Å². The molecule has 0 bridgehead atoms. The van der Waals surface area contributed by atoms with Gasteiger partial charge in [0.1, 0.15) is 4.90 Å². The summed E-state index contributed by atoms with van der Waals surface area (Å²) >= 11 is 13.0. The second-order valence-corrected chi connectivity index (χ2v) is 7.06. The summed E-state index contributed by atoms with van der Waals surface area (Å²) in [4.78, 5) is 4.56. The summed E-state index contributed by atoms with van der Waals surface area (Å²) < 4.78 is 26.6. The second-order valence-electron chi connectivity index (χ2n) is 3.57. The third-order valence-corrected chi connectivity index (χ3v) is 5.37. The van der Waals surface area contributed by atoms with Gasteiger partial charge in [0.25, 0.3) is 0 Å². The van der Waals surface area contributed by atoms with Crippen molar-refractivity contribution < 1.29 is 8.42 Å². The summed E-state index contributed by atoms with van der Waals surface area (Å²) in [7, 11) is -3.75. The van der Waals surface area contributed by atoms with Crippen molar-refractivity contribution in [3.05, 3.63) is 38.8 Å². The van der Waals surface area contributed by atoms with Crippen molar-refractivity contribution in [2.75, 3.05) is 5.73 Å². The molecule has 2 rings (SSSR count). The summed E-state index contributed by atoms with van der Waals surface area (Å²) in [5, 5.41) is 0.135. The first kappa shape index (κ1) is 14.5. The molecule has 0 unspecified atom stereocenters. The fraction of sp³-hybridized carbons (Fsp3) is 0.100. The molecule has 0 spiro atoms. The molecule has 0 aliphatic heterocycles. The fourth-order valence-corrected chi connectivity index (χ4v) is 3.73. The molecule has 2 aromatic rings. The van der Waals surface area contributed by atoms with Crippen LogP contribution in [0.5, 0.6) is 0 Å². The minimum atomic E-state index is -3.75. The highest BCUT2D eigenvalue weighted by Gasteiger charge is 2.20. The van der Waals surface area contributed by atoms with E-state index in [4.69, 9.17) is 28.9 Å². The first-order chi connectivity index (χ1) is 8.92. The van der Waals surface area contributed by atoms with Gasteiger partial charge in [0.2, 0.25) is 10.0 Å². The fourth-order valence-electron chi connectivity index (χ4n) is 1.33. The number of sulfonamides is 1. The highest BCUT2D eigenvalue weighted by molar-refractivity contribution is 7.89. The lowest BCUT2D eigenvalue weighted by Crippen LogP contribution is -2.23. The van der Waals surface area contributed by atoms with Crippen LogP contribution in [0.1, 0.15) is 4.88 Å². The van der Waals surface area contributed by atoms with Gasteiger partial charge in [-0.3, -0.25) is 4.98 Å². The number of halogens is 2. The molecular formula is C10H9Cl2N3O2S2. The molecule has 102 valence electrons. The Morgan fingerprint density at radius 1 is 1.37 bits per heavy atom. The summed E-state index contributed by atoms with van der Waals surface area (Å²) in [6.07, 6.45) is 1.59. The number of benzene rings is 1. The highest BCUT2D eigenvalue weighted by atomic mass is 35.5. The van der Waals surface area contributed by atoms with Crippen LogP contribution in [-0.2, 0) is 16.6 Å². The van der Waals surface area contributed by atoms with Gasteiger partial charge in [0.15, 0.2) is 0 Å². The number of anilines is 1. The molecule has 0 aliphatic rings. The molecule has 0 saturated carbocycles. The van der Waals surface area contributed by atoms with Gasteiger partial charge in [0, 0.05) is 17.6 Å². The molecule has 1 aromatic carbocycles. The van der Waals surface area contributed by atoms with Gasteiger partial charge < -0.3 is 5.73 Å². The largest absolute Gasteiger partial charge is 0.396 e. The third-order valence-electron chi connectivity index (χ3n) is 2.30. The minimum Gasteiger partial charge on any atom is -0.396 e. The monoisotopic (exact) mass is 337 g/mol.